The Kier molecular flexibility index (Phi) is 5.41. The van der Waals surface area contributed by atoms with Gasteiger partial charge in [0.25, 0.3) is 5.56 Å². The normalized spacial score (nSPS) is 15.8. The number of nitrogens with one attached hydrogen (secondary N) is 1. The fourth-order valence-corrected chi connectivity index (χ4v) is 4.55. The number of anilines is 1. The van der Waals surface area contributed by atoms with Crippen LogP contribution in [0.4, 0.5) is 9.52 Å². The highest BCUT2D eigenvalue weighted by atomic mass is 35.5. The van der Waals surface area contributed by atoms with E-state index in [1.54, 1.807) is 0 Å². The maximum absolute atomic E-state index is 13.7. The van der Waals surface area contributed by atoms with Crippen molar-refractivity contribution in [2.45, 2.75) is 38.1 Å². The van der Waals surface area contributed by atoms with E-state index in [-0.39, 0.29) is 11.3 Å². The fourth-order valence-electron chi connectivity index (χ4n) is 3.74. The van der Waals surface area contributed by atoms with Crippen LogP contribution in [0.15, 0.2) is 35.5 Å². The SMILES string of the molecule is O=C(Nc1ncc(Cl)s1)C(CC1CCCC1)n1cnc2ccc(F)cc2c1=O. The zero-order chi connectivity index (χ0) is 19.7. The van der Waals surface area contributed by atoms with Gasteiger partial charge in [0.05, 0.1) is 23.4 Å². The first kappa shape index (κ1) is 19.0. The van der Waals surface area contributed by atoms with Gasteiger partial charge in [0.2, 0.25) is 5.91 Å². The van der Waals surface area contributed by atoms with Gasteiger partial charge in [0.15, 0.2) is 5.13 Å². The van der Waals surface area contributed by atoms with Gasteiger partial charge in [-0.1, -0.05) is 48.6 Å². The van der Waals surface area contributed by atoms with Crippen LogP contribution in [0.3, 0.4) is 0 Å². The van der Waals surface area contributed by atoms with Crippen molar-refractivity contribution < 1.29 is 9.18 Å². The number of carbonyl (C=O) groups is 1. The number of nitrogens with zero attached hydrogens (tertiary/aromatic N) is 3. The predicted octanol–water partition coefficient (Wildman–Crippen LogP) is 4.41. The molecule has 146 valence electrons. The first-order valence-electron chi connectivity index (χ1n) is 9.10. The van der Waals surface area contributed by atoms with Crippen LogP contribution in [0.1, 0.15) is 38.1 Å². The average molecular weight is 421 g/mol. The summed E-state index contributed by atoms with van der Waals surface area (Å²) in [5, 5.41) is 3.28. The lowest BCUT2D eigenvalue weighted by molar-refractivity contribution is -0.119. The van der Waals surface area contributed by atoms with E-state index in [1.165, 1.54) is 29.2 Å². The van der Waals surface area contributed by atoms with Crippen LogP contribution < -0.4 is 10.9 Å². The monoisotopic (exact) mass is 420 g/mol. The van der Waals surface area contributed by atoms with Crippen molar-refractivity contribution in [3.05, 3.63) is 51.2 Å². The van der Waals surface area contributed by atoms with Gasteiger partial charge in [-0.05, 0) is 30.5 Å². The largest absolute Gasteiger partial charge is 0.300 e. The molecule has 2 aromatic heterocycles. The second kappa shape index (κ2) is 7.97. The molecule has 1 aliphatic carbocycles. The molecule has 1 aliphatic rings. The molecule has 0 saturated heterocycles. The van der Waals surface area contributed by atoms with Gasteiger partial charge in [0.1, 0.15) is 16.2 Å². The molecular weight excluding hydrogens is 403 g/mol. The molecule has 0 spiro atoms. The number of rotatable bonds is 5. The average Bonchev–Trinajstić information content (AvgIpc) is 3.32. The molecule has 9 heteroatoms. The molecule has 28 heavy (non-hydrogen) atoms. The van der Waals surface area contributed by atoms with E-state index < -0.39 is 17.4 Å². The molecular formula is C19H18ClFN4O2S. The predicted molar refractivity (Wildman–Crippen MR) is 107 cm³/mol. The lowest BCUT2D eigenvalue weighted by Crippen LogP contribution is -2.34. The molecule has 1 amide bonds. The molecule has 1 unspecified atom stereocenters. The Labute approximate surface area is 169 Å². The van der Waals surface area contributed by atoms with E-state index in [0.29, 0.717) is 27.3 Å². The van der Waals surface area contributed by atoms with Crippen LogP contribution in [-0.4, -0.2) is 20.4 Å². The van der Waals surface area contributed by atoms with Crippen LogP contribution >= 0.6 is 22.9 Å². The lowest BCUT2D eigenvalue weighted by Gasteiger charge is -2.22. The zero-order valence-corrected chi connectivity index (χ0v) is 16.5. The summed E-state index contributed by atoms with van der Waals surface area (Å²) in [6.45, 7) is 0. The summed E-state index contributed by atoms with van der Waals surface area (Å²) in [6, 6.07) is 3.12. The summed E-state index contributed by atoms with van der Waals surface area (Å²) in [6.07, 6.45) is 7.65. The van der Waals surface area contributed by atoms with E-state index in [4.69, 9.17) is 11.6 Å². The van der Waals surface area contributed by atoms with Gasteiger partial charge in [-0.15, -0.1) is 0 Å². The highest BCUT2D eigenvalue weighted by Crippen LogP contribution is 2.33. The van der Waals surface area contributed by atoms with Crippen molar-refractivity contribution >= 4 is 44.9 Å². The molecule has 1 fully saturated rings. The lowest BCUT2D eigenvalue weighted by atomic mass is 9.97. The minimum Gasteiger partial charge on any atom is -0.300 e. The molecule has 6 nitrogen and oxygen atoms in total. The Morgan fingerprint density at radius 3 is 2.86 bits per heavy atom. The van der Waals surface area contributed by atoms with Crippen LogP contribution in [0.25, 0.3) is 10.9 Å². The maximum Gasteiger partial charge on any atom is 0.262 e. The second-order valence-corrected chi connectivity index (χ2v) is 8.64. The number of hydrogen-bond acceptors (Lipinski definition) is 5. The standard InChI is InChI=1S/C19H18ClFN4O2S/c20-16-9-22-19(28-16)24-17(26)15(7-11-3-1-2-4-11)25-10-23-14-6-5-12(21)8-13(14)18(25)27/h5-6,8-11,15H,1-4,7H2,(H,22,24,26). The van der Waals surface area contributed by atoms with Crippen molar-refractivity contribution in [2.24, 2.45) is 5.92 Å². The topological polar surface area (TPSA) is 76.9 Å². The zero-order valence-electron chi connectivity index (χ0n) is 14.9. The number of fused-ring (bicyclic) bond motifs is 1. The molecule has 2 heterocycles. The number of aromatic nitrogens is 3. The van der Waals surface area contributed by atoms with Crippen molar-refractivity contribution in [1.29, 1.82) is 0 Å². The van der Waals surface area contributed by atoms with E-state index in [2.05, 4.69) is 15.3 Å². The number of halogens is 2. The third kappa shape index (κ3) is 3.93. The molecule has 3 aromatic rings. The summed E-state index contributed by atoms with van der Waals surface area (Å²) >= 11 is 7.04. The summed E-state index contributed by atoms with van der Waals surface area (Å²) in [4.78, 5) is 34.3. The van der Waals surface area contributed by atoms with Gasteiger partial charge < -0.3 is 5.32 Å². The minimum absolute atomic E-state index is 0.156. The minimum atomic E-state index is -0.751. The Balaban J connectivity index is 1.71. The van der Waals surface area contributed by atoms with Crippen molar-refractivity contribution in [3.8, 4) is 0 Å². The summed E-state index contributed by atoms with van der Waals surface area (Å²) in [5.41, 5.74) is -0.0332. The molecule has 1 atom stereocenters. The van der Waals surface area contributed by atoms with E-state index in [1.807, 2.05) is 0 Å². The van der Waals surface area contributed by atoms with Gasteiger partial charge in [-0.3, -0.25) is 14.2 Å². The molecule has 0 radical (unpaired) electrons. The third-order valence-corrected chi connectivity index (χ3v) is 6.15. The van der Waals surface area contributed by atoms with Crippen LogP contribution in [0.2, 0.25) is 4.34 Å². The first-order valence-corrected chi connectivity index (χ1v) is 10.3. The number of hydrogen-bond donors (Lipinski definition) is 1. The smallest absolute Gasteiger partial charge is 0.262 e. The molecule has 1 saturated carbocycles. The molecule has 0 aliphatic heterocycles. The highest BCUT2D eigenvalue weighted by Gasteiger charge is 2.28. The number of amides is 1. The maximum atomic E-state index is 13.7. The molecule has 1 aromatic carbocycles. The van der Waals surface area contributed by atoms with Gasteiger partial charge in [-0.25, -0.2) is 14.4 Å². The Hall–Kier alpha value is -2.32. The van der Waals surface area contributed by atoms with E-state index in [9.17, 15) is 14.0 Å². The van der Waals surface area contributed by atoms with Crippen molar-refractivity contribution in [2.75, 3.05) is 5.32 Å². The molecule has 1 N–H and O–H groups in total. The molecule has 0 bridgehead atoms. The highest BCUT2D eigenvalue weighted by molar-refractivity contribution is 7.19. The Bertz CT molecular complexity index is 1080. The van der Waals surface area contributed by atoms with Crippen LogP contribution in [0, 0.1) is 11.7 Å². The summed E-state index contributed by atoms with van der Waals surface area (Å²) < 4.78 is 15.4. The molecule has 4 rings (SSSR count). The Morgan fingerprint density at radius 1 is 1.36 bits per heavy atom. The van der Waals surface area contributed by atoms with Gasteiger partial charge in [0, 0.05) is 0 Å². The van der Waals surface area contributed by atoms with Gasteiger partial charge in [-0.2, -0.15) is 0 Å². The first-order chi connectivity index (χ1) is 13.5. The third-order valence-electron chi connectivity index (χ3n) is 5.12. The number of benzene rings is 1. The van der Waals surface area contributed by atoms with Crippen LogP contribution in [0.5, 0.6) is 0 Å². The van der Waals surface area contributed by atoms with E-state index >= 15 is 0 Å². The number of thiazole rings is 1. The van der Waals surface area contributed by atoms with Gasteiger partial charge >= 0.3 is 0 Å². The summed E-state index contributed by atoms with van der Waals surface area (Å²) in [7, 11) is 0. The second-order valence-electron chi connectivity index (χ2n) is 6.98. The van der Waals surface area contributed by atoms with Crippen molar-refractivity contribution in [3.63, 3.8) is 0 Å². The number of carbonyl (C=O) groups excluding carboxylic acids is 1. The Morgan fingerprint density at radius 2 is 2.14 bits per heavy atom. The van der Waals surface area contributed by atoms with Crippen molar-refractivity contribution in [1.82, 2.24) is 14.5 Å². The van der Waals surface area contributed by atoms with Crippen LogP contribution in [-0.2, 0) is 4.79 Å². The summed E-state index contributed by atoms with van der Waals surface area (Å²) in [5.74, 6) is -0.512. The van der Waals surface area contributed by atoms with E-state index in [0.717, 1.165) is 43.1 Å². The fraction of sp³-hybridized carbons (Fsp3) is 0.368. The quantitative estimate of drug-likeness (QED) is 0.663.